The van der Waals surface area contributed by atoms with Gasteiger partial charge in [-0.3, -0.25) is 10.1 Å². The molecular weight excluding hydrogens is 292 g/mol. The first-order valence-corrected chi connectivity index (χ1v) is 6.30. The molecule has 3 rings (SSSR count). The lowest BCUT2D eigenvalue weighted by atomic mass is 10.1. The van der Waals surface area contributed by atoms with E-state index in [2.05, 4.69) is 5.10 Å². The van der Waals surface area contributed by atoms with Crippen LogP contribution in [0.15, 0.2) is 54.9 Å². The predicted molar refractivity (Wildman–Crippen MR) is 75.6 cm³/mol. The molecule has 0 N–H and O–H groups in total. The van der Waals surface area contributed by atoms with Crippen LogP contribution < -0.4 is 0 Å². The van der Waals surface area contributed by atoms with Gasteiger partial charge in [0.1, 0.15) is 11.5 Å². The van der Waals surface area contributed by atoms with Crippen LogP contribution in [0.5, 0.6) is 0 Å². The Morgan fingerprint density at radius 1 is 1.14 bits per heavy atom. The maximum absolute atomic E-state index is 13.7. The van der Waals surface area contributed by atoms with E-state index in [1.54, 1.807) is 18.2 Å². The third-order valence-electron chi connectivity index (χ3n) is 3.15. The van der Waals surface area contributed by atoms with E-state index in [-0.39, 0.29) is 11.4 Å². The summed E-state index contributed by atoms with van der Waals surface area (Å²) in [4.78, 5) is 10.5. The highest BCUT2D eigenvalue weighted by atomic mass is 19.1. The molecule has 0 saturated carbocycles. The molecule has 0 aliphatic heterocycles. The van der Waals surface area contributed by atoms with Gasteiger partial charge in [-0.1, -0.05) is 12.1 Å². The van der Waals surface area contributed by atoms with Gasteiger partial charge in [-0.05, 0) is 18.2 Å². The van der Waals surface area contributed by atoms with Crippen molar-refractivity contribution in [2.45, 2.75) is 0 Å². The molecule has 7 heteroatoms. The fourth-order valence-corrected chi connectivity index (χ4v) is 2.14. The first kappa shape index (κ1) is 13.9. The second-order valence-corrected chi connectivity index (χ2v) is 4.54. The maximum Gasteiger partial charge on any atom is 0.277 e. The highest BCUT2D eigenvalue weighted by molar-refractivity contribution is 5.72. The molecule has 0 unspecified atom stereocenters. The molecule has 0 spiro atoms. The van der Waals surface area contributed by atoms with Gasteiger partial charge in [0.05, 0.1) is 16.7 Å². The number of halogens is 2. The van der Waals surface area contributed by atoms with Gasteiger partial charge in [0.2, 0.25) is 0 Å². The van der Waals surface area contributed by atoms with E-state index in [0.29, 0.717) is 11.1 Å². The second-order valence-electron chi connectivity index (χ2n) is 4.54. The van der Waals surface area contributed by atoms with Crippen LogP contribution in [0.25, 0.3) is 16.8 Å². The Bertz CT molecular complexity index is 861. The average molecular weight is 301 g/mol. The second kappa shape index (κ2) is 5.36. The van der Waals surface area contributed by atoms with Crippen LogP contribution in [-0.2, 0) is 0 Å². The fraction of sp³-hybridized carbons (Fsp3) is 0. The van der Waals surface area contributed by atoms with Crippen LogP contribution in [0.1, 0.15) is 0 Å². The molecule has 0 amide bonds. The lowest BCUT2D eigenvalue weighted by molar-refractivity contribution is -0.384. The Labute approximate surface area is 123 Å². The molecule has 0 atom stereocenters. The largest absolute Gasteiger partial charge is 0.277 e. The molecule has 3 aromatic rings. The van der Waals surface area contributed by atoms with Gasteiger partial charge in [-0.25, -0.2) is 13.5 Å². The highest BCUT2D eigenvalue weighted by Gasteiger charge is 2.16. The molecule has 1 aromatic heterocycles. The number of nitro groups is 1. The van der Waals surface area contributed by atoms with E-state index in [1.165, 1.54) is 29.2 Å². The summed E-state index contributed by atoms with van der Waals surface area (Å²) < 4.78 is 27.9. The average Bonchev–Trinajstić information content (AvgIpc) is 2.96. The zero-order chi connectivity index (χ0) is 15.7. The monoisotopic (exact) mass is 301 g/mol. The first-order chi connectivity index (χ1) is 10.6. The lowest BCUT2D eigenvalue weighted by Crippen LogP contribution is -1.98. The summed E-state index contributed by atoms with van der Waals surface area (Å²) in [6.45, 7) is 0. The van der Waals surface area contributed by atoms with Crippen molar-refractivity contribution in [3.05, 3.63) is 76.6 Å². The third-order valence-corrected chi connectivity index (χ3v) is 3.15. The van der Waals surface area contributed by atoms with Crippen LogP contribution >= 0.6 is 0 Å². The van der Waals surface area contributed by atoms with E-state index >= 15 is 0 Å². The molecule has 0 saturated heterocycles. The number of benzene rings is 2. The minimum atomic E-state index is -0.766. The van der Waals surface area contributed by atoms with E-state index in [0.717, 1.165) is 12.1 Å². The van der Waals surface area contributed by atoms with E-state index < -0.39 is 16.6 Å². The standard InChI is InChI=1S/C15H9F2N3O2/c16-11-5-6-15(13(17)7-11)19-9-10(8-18-19)12-3-1-2-4-14(12)20(21)22/h1-9H. The molecule has 0 aliphatic carbocycles. The number of hydrogen-bond acceptors (Lipinski definition) is 3. The van der Waals surface area contributed by atoms with Gasteiger partial charge in [0.25, 0.3) is 5.69 Å². The first-order valence-electron chi connectivity index (χ1n) is 6.30. The normalized spacial score (nSPS) is 10.6. The lowest BCUT2D eigenvalue weighted by Gasteiger charge is -2.03. The Balaban J connectivity index is 2.07. The van der Waals surface area contributed by atoms with Crippen molar-refractivity contribution >= 4 is 5.69 Å². The van der Waals surface area contributed by atoms with Crippen molar-refractivity contribution in [2.24, 2.45) is 0 Å². The number of hydrogen-bond donors (Lipinski definition) is 0. The van der Waals surface area contributed by atoms with Crippen molar-refractivity contribution in [2.75, 3.05) is 0 Å². The highest BCUT2D eigenvalue weighted by Crippen LogP contribution is 2.29. The molecule has 0 fully saturated rings. The Morgan fingerprint density at radius 2 is 1.91 bits per heavy atom. The van der Waals surface area contributed by atoms with Crippen LogP contribution in [-0.4, -0.2) is 14.7 Å². The van der Waals surface area contributed by atoms with Crippen LogP contribution in [0.2, 0.25) is 0 Å². The van der Waals surface area contributed by atoms with E-state index in [9.17, 15) is 18.9 Å². The Morgan fingerprint density at radius 3 is 2.64 bits per heavy atom. The number of rotatable bonds is 3. The Kier molecular flexibility index (Phi) is 3.38. The fourth-order valence-electron chi connectivity index (χ4n) is 2.14. The van der Waals surface area contributed by atoms with Gasteiger partial charge in [-0.15, -0.1) is 0 Å². The van der Waals surface area contributed by atoms with Gasteiger partial charge in [-0.2, -0.15) is 5.10 Å². The molecule has 0 aliphatic rings. The summed E-state index contributed by atoms with van der Waals surface area (Å²) in [6.07, 6.45) is 2.85. The molecular formula is C15H9F2N3O2. The smallest absolute Gasteiger partial charge is 0.258 e. The minimum absolute atomic E-state index is 0.0613. The summed E-state index contributed by atoms with van der Waals surface area (Å²) in [5.41, 5.74) is 0.838. The number of nitrogens with zero attached hydrogens (tertiary/aromatic N) is 3. The van der Waals surface area contributed by atoms with Crippen LogP contribution in [0.3, 0.4) is 0 Å². The number of nitro benzene ring substituents is 1. The van der Waals surface area contributed by atoms with Crippen molar-refractivity contribution < 1.29 is 13.7 Å². The molecule has 0 bridgehead atoms. The molecule has 1 heterocycles. The SMILES string of the molecule is O=[N+]([O-])c1ccccc1-c1cnn(-c2ccc(F)cc2F)c1. The van der Waals surface area contributed by atoms with Crippen LogP contribution in [0.4, 0.5) is 14.5 Å². The Hall–Kier alpha value is -3.09. The zero-order valence-electron chi connectivity index (χ0n) is 11.1. The van der Waals surface area contributed by atoms with Crippen molar-refractivity contribution in [3.63, 3.8) is 0 Å². The van der Waals surface area contributed by atoms with Crippen LogP contribution in [0, 0.1) is 21.7 Å². The summed E-state index contributed by atoms with van der Waals surface area (Å²) in [5, 5.41) is 15.0. The third kappa shape index (κ3) is 2.44. The number of aromatic nitrogens is 2. The van der Waals surface area contributed by atoms with Crippen molar-refractivity contribution in [1.82, 2.24) is 9.78 Å². The quantitative estimate of drug-likeness (QED) is 0.547. The van der Waals surface area contributed by atoms with Crippen molar-refractivity contribution in [3.8, 4) is 16.8 Å². The maximum atomic E-state index is 13.7. The van der Waals surface area contributed by atoms with Gasteiger partial charge < -0.3 is 0 Å². The van der Waals surface area contributed by atoms with Gasteiger partial charge in [0, 0.05) is 23.9 Å². The summed E-state index contributed by atoms with van der Waals surface area (Å²) in [5.74, 6) is -1.45. The van der Waals surface area contributed by atoms with Crippen molar-refractivity contribution in [1.29, 1.82) is 0 Å². The predicted octanol–water partition coefficient (Wildman–Crippen LogP) is 3.73. The minimum Gasteiger partial charge on any atom is -0.258 e. The van der Waals surface area contributed by atoms with E-state index in [1.807, 2.05) is 0 Å². The molecule has 22 heavy (non-hydrogen) atoms. The number of para-hydroxylation sites is 1. The molecule has 0 radical (unpaired) electrons. The molecule has 110 valence electrons. The van der Waals surface area contributed by atoms with E-state index in [4.69, 9.17) is 0 Å². The molecule has 2 aromatic carbocycles. The molecule has 5 nitrogen and oxygen atoms in total. The summed E-state index contributed by atoms with van der Waals surface area (Å²) >= 11 is 0. The zero-order valence-corrected chi connectivity index (χ0v) is 11.1. The van der Waals surface area contributed by atoms with Gasteiger partial charge in [0.15, 0.2) is 5.82 Å². The topological polar surface area (TPSA) is 61.0 Å². The summed E-state index contributed by atoms with van der Waals surface area (Å²) in [7, 11) is 0. The van der Waals surface area contributed by atoms with Gasteiger partial charge >= 0.3 is 0 Å². The summed E-state index contributed by atoms with van der Waals surface area (Å²) in [6, 6.07) is 9.31.